The van der Waals surface area contributed by atoms with Crippen LogP contribution in [0.15, 0.2) is 22.7 Å². The van der Waals surface area contributed by atoms with E-state index in [-0.39, 0.29) is 23.3 Å². The number of benzene rings is 1. The van der Waals surface area contributed by atoms with E-state index in [1.807, 2.05) is 17.0 Å². The maximum atomic E-state index is 12.5. The number of hydrogen-bond donors (Lipinski definition) is 1. The van der Waals surface area contributed by atoms with Gasteiger partial charge >= 0.3 is 0 Å². The van der Waals surface area contributed by atoms with Gasteiger partial charge in [0.15, 0.2) is 17.3 Å². The van der Waals surface area contributed by atoms with E-state index in [9.17, 15) is 9.59 Å². The fourth-order valence-corrected chi connectivity index (χ4v) is 4.33. The molecule has 1 N–H and O–H groups in total. The van der Waals surface area contributed by atoms with Crippen molar-refractivity contribution in [3.05, 3.63) is 29.5 Å². The van der Waals surface area contributed by atoms with Crippen LogP contribution in [-0.2, 0) is 16.1 Å². The van der Waals surface area contributed by atoms with Gasteiger partial charge in [-0.2, -0.15) is 0 Å². The number of methoxy groups -OCH3 is 3. The Bertz CT molecular complexity index is 958. The Morgan fingerprint density at radius 3 is 2.39 bits per heavy atom. The maximum absolute atomic E-state index is 12.5. The third-order valence-corrected chi connectivity index (χ3v) is 6.18. The Labute approximate surface area is 197 Å². The Kier molecular flexibility index (Phi) is 8.84. The first-order chi connectivity index (χ1) is 15.9. The molecule has 33 heavy (non-hydrogen) atoms. The number of nitrogens with zero attached hydrogens (tertiary/aromatic N) is 3. The number of piperazine rings is 1. The van der Waals surface area contributed by atoms with E-state index in [0.717, 1.165) is 18.7 Å². The summed E-state index contributed by atoms with van der Waals surface area (Å²) in [6.45, 7) is 5.21. The van der Waals surface area contributed by atoms with E-state index in [2.05, 4.69) is 15.4 Å². The fraction of sp³-hybridized carbons (Fsp3) is 0.500. The molecule has 1 aliphatic rings. The third kappa shape index (κ3) is 6.55. The predicted octanol–water partition coefficient (Wildman–Crippen LogP) is 2.02. The molecule has 0 spiro atoms. The van der Waals surface area contributed by atoms with Crippen LogP contribution in [0.4, 0.5) is 5.82 Å². The second-order valence-corrected chi connectivity index (χ2v) is 8.50. The second-order valence-electron chi connectivity index (χ2n) is 7.51. The summed E-state index contributed by atoms with van der Waals surface area (Å²) in [4.78, 5) is 28.6. The molecule has 3 rings (SSSR count). The Balaban J connectivity index is 1.43. The topological polar surface area (TPSA) is 106 Å². The minimum Gasteiger partial charge on any atom is -0.493 e. The van der Waals surface area contributed by atoms with Gasteiger partial charge in [-0.3, -0.25) is 14.5 Å². The molecule has 1 aromatic carbocycles. The van der Waals surface area contributed by atoms with Crippen LogP contribution in [0, 0.1) is 6.92 Å². The van der Waals surface area contributed by atoms with Gasteiger partial charge in [-0.25, -0.2) is 0 Å². The van der Waals surface area contributed by atoms with Gasteiger partial charge < -0.3 is 29.0 Å². The SMILES string of the molecule is COc1ccc(CN2CCN(C(=O)CSCC(=O)Nc3cc(C)on3)CC2)c(OC)c1OC. The minimum absolute atomic E-state index is 0.0356. The van der Waals surface area contributed by atoms with Crippen molar-refractivity contribution in [3.8, 4) is 17.2 Å². The summed E-state index contributed by atoms with van der Waals surface area (Å²) in [7, 11) is 4.79. The van der Waals surface area contributed by atoms with Crippen LogP contribution >= 0.6 is 11.8 Å². The standard InChI is InChI=1S/C22H30N4O6S/c1-15-11-18(24-32-15)23-19(27)13-33-14-20(28)26-9-7-25(8-10-26)12-16-5-6-17(29-2)22(31-4)21(16)30-3/h5-6,11H,7-10,12-14H2,1-4H3,(H,23,24,27). The molecule has 0 saturated carbocycles. The van der Waals surface area contributed by atoms with Crippen molar-refractivity contribution < 1.29 is 28.3 Å². The van der Waals surface area contributed by atoms with E-state index < -0.39 is 0 Å². The van der Waals surface area contributed by atoms with Crippen molar-refractivity contribution in [2.24, 2.45) is 0 Å². The summed E-state index contributed by atoms with van der Waals surface area (Å²) in [6.07, 6.45) is 0. The lowest BCUT2D eigenvalue weighted by Crippen LogP contribution is -2.48. The lowest BCUT2D eigenvalue weighted by Gasteiger charge is -2.35. The normalized spacial score (nSPS) is 14.1. The number of carbonyl (C=O) groups excluding carboxylic acids is 2. The molecule has 10 nitrogen and oxygen atoms in total. The number of aromatic nitrogens is 1. The summed E-state index contributed by atoms with van der Waals surface area (Å²) in [5.41, 5.74) is 0.999. The van der Waals surface area contributed by atoms with Crippen molar-refractivity contribution in [3.63, 3.8) is 0 Å². The lowest BCUT2D eigenvalue weighted by molar-refractivity contribution is -0.130. The summed E-state index contributed by atoms with van der Waals surface area (Å²) in [5, 5.41) is 6.37. The summed E-state index contributed by atoms with van der Waals surface area (Å²) >= 11 is 1.29. The number of carbonyl (C=O) groups is 2. The number of amides is 2. The summed E-state index contributed by atoms with van der Waals surface area (Å²) < 4.78 is 21.3. The van der Waals surface area contributed by atoms with Gasteiger partial charge in [-0.15, -0.1) is 11.8 Å². The molecule has 1 fully saturated rings. The number of aryl methyl sites for hydroxylation is 1. The highest BCUT2D eigenvalue weighted by molar-refractivity contribution is 8.00. The first kappa shape index (κ1) is 24.7. The van der Waals surface area contributed by atoms with Crippen molar-refractivity contribution in [2.75, 3.05) is 64.3 Å². The van der Waals surface area contributed by atoms with E-state index in [0.29, 0.717) is 48.5 Å². The predicted molar refractivity (Wildman–Crippen MR) is 125 cm³/mol. The quantitative estimate of drug-likeness (QED) is 0.549. The molecule has 180 valence electrons. The molecule has 11 heteroatoms. The van der Waals surface area contributed by atoms with Gasteiger partial charge in [0.1, 0.15) is 5.76 Å². The number of hydrogen-bond acceptors (Lipinski definition) is 9. The Morgan fingerprint density at radius 1 is 1.06 bits per heavy atom. The minimum atomic E-state index is -0.213. The number of rotatable bonds is 10. The highest BCUT2D eigenvalue weighted by Gasteiger charge is 2.23. The molecule has 0 radical (unpaired) electrons. The number of thioether (sulfide) groups is 1. The van der Waals surface area contributed by atoms with Gasteiger partial charge in [-0.1, -0.05) is 11.2 Å². The molecular formula is C22H30N4O6S. The second kappa shape index (κ2) is 11.8. The van der Waals surface area contributed by atoms with Crippen LogP contribution in [0.5, 0.6) is 17.2 Å². The molecule has 0 aliphatic carbocycles. The largest absolute Gasteiger partial charge is 0.493 e. The molecule has 1 aromatic heterocycles. The van der Waals surface area contributed by atoms with Gasteiger partial charge in [0, 0.05) is 44.4 Å². The number of nitrogens with one attached hydrogen (secondary N) is 1. The number of ether oxygens (including phenoxy) is 3. The summed E-state index contributed by atoms with van der Waals surface area (Å²) in [5.74, 6) is 3.12. The first-order valence-corrected chi connectivity index (χ1v) is 11.7. The molecule has 2 amide bonds. The van der Waals surface area contributed by atoms with Crippen LogP contribution in [0.2, 0.25) is 0 Å². The zero-order valence-electron chi connectivity index (χ0n) is 19.4. The first-order valence-electron chi connectivity index (χ1n) is 10.5. The van der Waals surface area contributed by atoms with Gasteiger partial charge in [0.05, 0.1) is 32.8 Å². The van der Waals surface area contributed by atoms with Crippen LogP contribution in [0.25, 0.3) is 0 Å². The van der Waals surface area contributed by atoms with Gasteiger partial charge in [0.2, 0.25) is 17.6 Å². The van der Waals surface area contributed by atoms with Crippen molar-refractivity contribution >= 4 is 29.4 Å². The molecule has 2 aromatic rings. The number of anilines is 1. The average Bonchev–Trinajstić information content (AvgIpc) is 3.23. The van der Waals surface area contributed by atoms with Crippen molar-refractivity contribution in [2.45, 2.75) is 13.5 Å². The van der Waals surface area contributed by atoms with Crippen molar-refractivity contribution in [1.29, 1.82) is 0 Å². The molecule has 1 saturated heterocycles. The van der Waals surface area contributed by atoms with E-state index >= 15 is 0 Å². The van der Waals surface area contributed by atoms with Crippen LogP contribution in [0.3, 0.4) is 0 Å². The monoisotopic (exact) mass is 478 g/mol. The van der Waals surface area contributed by atoms with Crippen LogP contribution < -0.4 is 19.5 Å². The zero-order valence-corrected chi connectivity index (χ0v) is 20.2. The van der Waals surface area contributed by atoms with E-state index in [4.69, 9.17) is 18.7 Å². The van der Waals surface area contributed by atoms with Crippen molar-refractivity contribution in [1.82, 2.24) is 15.0 Å². The molecule has 0 unspecified atom stereocenters. The Hall–Kier alpha value is -2.92. The third-order valence-electron chi connectivity index (χ3n) is 5.26. The molecule has 2 heterocycles. The van der Waals surface area contributed by atoms with Crippen LogP contribution in [0.1, 0.15) is 11.3 Å². The summed E-state index contributed by atoms with van der Waals surface area (Å²) in [6, 6.07) is 5.48. The zero-order chi connectivity index (χ0) is 23.8. The fourth-order valence-electron chi connectivity index (χ4n) is 3.61. The highest BCUT2D eigenvalue weighted by atomic mass is 32.2. The van der Waals surface area contributed by atoms with E-state index in [1.165, 1.54) is 11.8 Å². The lowest BCUT2D eigenvalue weighted by atomic mass is 10.1. The molecular weight excluding hydrogens is 448 g/mol. The van der Waals surface area contributed by atoms with Gasteiger partial charge in [-0.05, 0) is 13.0 Å². The average molecular weight is 479 g/mol. The van der Waals surface area contributed by atoms with Crippen LogP contribution in [-0.4, -0.2) is 85.8 Å². The molecule has 1 aliphatic heterocycles. The molecule has 0 bridgehead atoms. The highest BCUT2D eigenvalue weighted by Crippen LogP contribution is 2.40. The Morgan fingerprint density at radius 2 is 1.79 bits per heavy atom. The smallest absolute Gasteiger partial charge is 0.235 e. The van der Waals surface area contributed by atoms with Gasteiger partial charge in [0.25, 0.3) is 0 Å². The molecule has 0 atom stereocenters. The maximum Gasteiger partial charge on any atom is 0.235 e. The van der Waals surface area contributed by atoms with E-state index in [1.54, 1.807) is 34.3 Å².